The van der Waals surface area contributed by atoms with E-state index in [0.29, 0.717) is 38.7 Å². The second kappa shape index (κ2) is 7.01. The van der Waals surface area contributed by atoms with Crippen molar-refractivity contribution in [3.05, 3.63) is 74.7 Å². The van der Waals surface area contributed by atoms with E-state index in [1.807, 2.05) is 0 Å². The SMILES string of the molecule is Cc1nc2sc(C(=O)Nc3cnn(Cc4cccc(F)c4)c3)c(C)c2c(=O)[nH]1. The first-order valence-corrected chi connectivity index (χ1v) is 9.30. The van der Waals surface area contributed by atoms with Gasteiger partial charge in [0.25, 0.3) is 11.5 Å². The molecule has 0 aliphatic rings. The highest BCUT2D eigenvalue weighted by Crippen LogP contribution is 2.27. The molecule has 0 radical (unpaired) electrons. The smallest absolute Gasteiger partial charge is 0.266 e. The Morgan fingerprint density at radius 1 is 1.36 bits per heavy atom. The van der Waals surface area contributed by atoms with Crippen molar-refractivity contribution in [3.63, 3.8) is 0 Å². The number of rotatable bonds is 4. The predicted molar refractivity (Wildman–Crippen MR) is 105 cm³/mol. The maximum absolute atomic E-state index is 13.3. The number of hydrogen-bond acceptors (Lipinski definition) is 5. The van der Waals surface area contributed by atoms with Gasteiger partial charge in [-0.2, -0.15) is 5.10 Å². The second-order valence-electron chi connectivity index (χ2n) is 6.40. The number of aryl methyl sites for hydroxylation is 2. The van der Waals surface area contributed by atoms with E-state index in [9.17, 15) is 14.0 Å². The Balaban J connectivity index is 1.55. The minimum Gasteiger partial charge on any atom is -0.319 e. The molecule has 0 aliphatic carbocycles. The van der Waals surface area contributed by atoms with Gasteiger partial charge in [0.15, 0.2) is 0 Å². The summed E-state index contributed by atoms with van der Waals surface area (Å²) in [6.07, 6.45) is 3.19. The molecule has 28 heavy (non-hydrogen) atoms. The summed E-state index contributed by atoms with van der Waals surface area (Å²) in [6, 6.07) is 6.26. The van der Waals surface area contributed by atoms with Gasteiger partial charge in [-0.3, -0.25) is 14.3 Å². The van der Waals surface area contributed by atoms with Crippen LogP contribution in [0.25, 0.3) is 10.2 Å². The van der Waals surface area contributed by atoms with E-state index in [2.05, 4.69) is 20.4 Å². The van der Waals surface area contributed by atoms with Crippen LogP contribution in [0.5, 0.6) is 0 Å². The first-order chi connectivity index (χ1) is 13.4. The van der Waals surface area contributed by atoms with Crippen LogP contribution in [0.15, 0.2) is 41.5 Å². The molecule has 0 saturated carbocycles. The summed E-state index contributed by atoms with van der Waals surface area (Å²) in [5, 5.41) is 7.41. The molecule has 1 amide bonds. The molecule has 0 atom stereocenters. The zero-order valence-electron chi connectivity index (χ0n) is 15.1. The molecule has 3 heterocycles. The van der Waals surface area contributed by atoms with E-state index in [1.54, 1.807) is 36.9 Å². The highest BCUT2D eigenvalue weighted by atomic mass is 32.1. The van der Waals surface area contributed by atoms with Crippen molar-refractivity contribution in [1.29, 1.82) is 0 Å². The number of benzene rings is 1. The lowest BCUT2D eigenvalue weighted by atomic mass is 10.2. The number of anilines is 1. The van der Waals surface area contributed by atoms with Crippen LogP contribution >= 0.6 is 11.3 Å². The van der Waals surface area contributed by atoms with Gasteiger partial charge in [0.1, 0.15) is 16.5 Å². The van der Waals surface area contributed by atoms with E-state index < -0.39 is 0 Å². The topological polar surface area (TPSA) is 92.7 Å². The number of halogens is 1. The summed E-state index contributed by atoms with van der Waals surface area (Å²) < 4.78 is 14.9. The van der Waals surface area contributed by atoms with Gasteiger partial charge in [-0.25, -0.2) is 9.37 Å². The average molecular weight is 397 g/mol. The molecule has 7 nitrogen and oxygen atoms in total. The number of nitrogens with zero attached hydrogens (tertiary/aromatic N) is 3. The summed E-state index contributed by atoms with van der Waals surface area (Å²) >= 11 is 1.18. The lowest BCUT2D eigenvalue weighted by Gasteiger charge is -2.02. The largest absolute Gasteiger partial charge is 0.319 e. The molecule has 142 valence electrons. The number of carbonyl (C=O) groups is 1. The number of fused-ring (bicyclic) bond motifs is 1. The van der Waals surface area contributed by atoms with E-state index >= 15 is 0 Å². The highest BCUT2D eigenvalue weighted by Gasteiger charge is 2.19. The fourth-order valence-electron chi connectivity index (χ4n) is 2.99. The third-order valence-corrected chi connectivity index (χ3v) is 5.43. The van der Waals surface area contributed by atoms with Gasteiger partial charge in [-0.05, 0) is 37.1 Å². The highest BCUT2D eigenvalue weighted by molar-refractivity contribution is 7.20. The van der Waals surface area contributed by atoms with Crippen molar-refractivity contribution in [1.82, 2.24) is 19.7 Å². The van der Waals surface area contributed by atoms with Crippen LogP contribution in [-0.4, -0.2) is 25.7 Å². The van der Waals surface area contributed by atoms with Crippen LogP contribution in [0.3, 0.4) is 0 Å². The fourth-order valence-corrected chi connectivity index (χ4v) is 4.12. The molecule has 9 heteroatoms. The number of carbonyl (C=O) groups excluding carboxylic acids is 1. The van der Waals surface area contributed by atoms with Gasteiger partial charge >= 0.3 is 0 Å². The Hall–Kier alpha value is -3.33. The number of hydrogen-bond donors (Lipinski definition) is 2. The van der Waals surface area contributed by atoms with Crippen molar-refractivity contribution < 1.29 is 9.18 Å². The van der Waals surface area contributed by atoms with Gasteiger partial charge in [-0.15, -0.1) is 11.3 Å². The summed E-state index contributed by atoms with van der Waals surface area (Å²) in [5.41, 5.74) is 1.62. The van der Waals surface area contributed by atoms with Crippen LogP contribution in [-0.2, 0) is 6.54 Å². The number of aromatic nitrogens is 4. The molecule has 0 unspecified atom stereocenters. The van der Waals surface area contributed by atoms with Crippen molar-refractivity contribution in [3.8, 4) is 0 Å². The van der Waals surface area contributed by atoms with Crippen LogP contribution in [0.2, 0.25) is 0 Å². The molecular formula is C19H16FN5O2S. The lowest BCUT2D eigenvalue weighted by molar-refractivity contribution is 0.103. The van der Waals surface area contributed by atoms with Crippen molar-refractivity contribution in [2.75, 3.05) is 5.32 Å². The minimum atomic E-state index is -0.331. The molecule has 4 rings (SSSR count). The molecule has 1 aromatic carbocycles. The predicted octanol–water partition coefficient (Wildman–Crippen LogP) is 3.24. The number of thiophene rings is 1. The van der Waals surface area contributed by atoms with E-state index in [1.165, 1.54) is 29.7 Å². The standard InChI is InChI=1S/C19H16FN5O2S/c1-10-15-17(26)22-11(2)23-19(15)28-16(10)18(27)24-14-7-21-25(9-14)8-12-4-3-5-13(20)6-12/h3-7,9H,8H2,1-2H3,(H,24,27)(H,22,23,26). The normalized spacial score (nSPS) is 11.1. The molecule has 0 aliphatic heterocycles. The third-order valence-electron chi connectivity index (χ3n) is 4.25. The molecule has 2 N–H and O–H groups in total. The van der Waals surface area contributed by atoms with E-state index in [4.69, 9.17) is 0 Å². The van der Waals surface area contributed by atoms with E-state index in [0.717, 1.165) is 5.56 Å². The summed E-state index contributed by atoms with van der Waals surface area (Å²) in [6.45, 7) is 3.81. The number of H-pyrrole nitrogens is 1. The van der Waals surface area contributed by atoms with Gasteiger partial charge in [0.05, 0.1) is 28.7 Å². The zero-order valence-corrected chi connectivity index (χ0v) is 15.9. The Morgan fingerprint density at radius 3 is 2.96 bits per heavy atom. The van der Waals surface area contributed by atoms with Crippen LogP contribution in [0.4, 0.5) is 10.1 Å². The van der Waals surface area contributed by atoms with Crippen LogP contribution in [0, 0.1) is 19.7 Å². The number of nitrogens with one attached hydrogen (secondary N) is 2. The van der Waals surface area contributed by atoms with Gasteiger partial charge in [0.2, 0.25) is 0 Å². The van der Waals surface area contributed by atoms with Crippen molar-refractivity contribution in [2.45, 2.75) is 20.4 Å². The first-order valence-electron chi connectivity index (χ1n) is 8.49. The first kappa shape index (κ1) is 18.1. The Labute approximate surface area is 162 Å². The molecule has 0 saturated heterocycles. The van der Waals surface area contributed by atoms with Gasteiger partial charge < -0.3 is 10.3 Å². The number of amides is 1. The number of aromatic amines is 1. The van der Waals surface area contributed by atoms with E-state index in [-0.39, 0.29) is 17.3 Å². The zero-order chi connectivity index (χ0) is 19.8. The van der Waals surface area contributed by atoms with Crippen molar-refractivity contribution >= 4 is 33.1 Å². The lowest BCUT2D eigenvalue weighted by Crippen LogP contribution is -2.12. The molecule has 0 fully saturated rings. The molecular weight excluding hydrogens is 381 g/mol. The summed E-state index contributed by atoms with van der Waals surface area (Å²) in [4.78, 5) is 32.8. The fraction of sp³-hybridized carbons (Fsp3) is 0.158. The minimum absolute atomic E-state index is 0.252. The van der Waals surface area contributed by atoms with Crippen LogP contribution < -0.4 is 10.9 Å². The maximum atomic E-state index is 13.3. The average Bonchev–Trinajstić information content (AvgIpc) is 3.19. The Kier molecular flexibility index (Phi) is 4.52. The molecule has 0 spiro atoms. The third kappa shape index (κ3) is 3.44. The summed E-state index contributed by atoms with van der Waals surface area (Å²) in [7, 11) is 0. The van der Waals surface area contributed by atoms with Crippen molar-refractivity contribution in [2.24, 2.45) is 0 Å². The summed E-state index contributed by atoms with van der Waals surface area (Å²) in [5.74, 6) is -0.135. The monoisotopic (exact) mass is 397 g/mol. The maximum Gasteiger partial charge on any atom is 0.266 e. The Morgan fingerprint density at radius 2 is 2.18 bits per heavy atom. The molecule has 0 bridgehead atoms. The Bertz CT molecular complexity index is 1260. The quantitative estimate of drug-likeness (QED) is 0.553. The van der Waals surface area contributed by atoms with Crippen LogP contribution in [0.1, 0.15) is 26.6 Å². The van der Waals surface area contributed by atoms with Gasteiger partial charge in [-0.1, -0.05) is 12.1 Å². The molecule has 3 aromatic heterocycles. The second-order valence-corrected chi connectivity index (χ2v) is 7.40. The van der Waals surface area contributed by atoms with Gasteiger partial charge in [0, 0.05) is 6.20 Å². The molecule has 4 aromatic rings.